The number of halogens is 1. The third kappa shape index (κ3) is 3.22. The summed E-state index contributed by atoms with van der Waals surface area (Å²) in [4.78, 5) is 42.4. The number of benzene rings is 1. The molecule has 9 nitrogen and oxygen atoms in total. The Balaban J connectivity index is 1.97. The van der Waals surface area contributed by atoms with Crippen molar-refractivity contribution in [3.8, 4) is 5.75 Å². The average Bonchev–Trinajstić information content (AvgIpc) is 2.72. The molecule has 1 aromatic rings. The highest BCUT2D eigenvalue weighted by molar-refractivity contribution is 14.1. The highest BCUT2D eigenvalue weighted by Crippen LogP contribution is 2.52. The predicted octanol–water partition coefficient (Wildman–Crippen LogP) is 0.905. The molecular weight excluding hydrogens is 541 g/mol. The van der Waals surface area contributed by atoms with Crippen LogP contribution in [-0.4, -0.2) is 77.5 Å². The van der Waals surface area contributed by atoms with Crippen LogP contribution in [0.1, 0.15) is 22.3 Å². The van der Waals surface area contributed by atoms with Crippen LogP contribution in [0.2, 0.25) is 0 Å². The van der Waals surface area contributed by atoms with Crippen molar-refractivity contribution in [1.82, 2.24) is 4.90 Å². The number of amides is 1. The number of ketones is 2. The molecule has 4 atom stereocenters. The summed E-state index contributed by atoms with van der Waals surface area (Å²) in [6.07, 6.45) is 1.99. The number of phenols is 1. The van der Waals surface area contributed by atoms with E-state index in [1.165, 1.54) is 6.08 Å². The predicted molar refractivity (Wildman–Crippen MR) is 129 cm³/mol. The summed E-state index contributed by atoms with van der Waals surface area (Å²) < 4.78 is 0.467. The van der Waals surface area contributed by atoms with E-state index in [2.05, 4.69) is 0 Å². The Hall–Kier alpha value is -2.44. The first-order valence-electron chi connectivity index (χ1n) is 10.5. The van der Waals surface area contributed by atoms with E-state index in [9.17, 15) is 29.7 Å². The van der Waals surface area contributed by atoms with Gasteiger partial charge in [-0.15, -0.1) is 0 Å². The van der Waals surface area contributed by atoms with Gasteiger partial charge in [0.2, 0.25) is 5.78 Å². The molecule has 0 aromatic heterocycles. The van der Waals surface area contributed by atoms with Gasteiger partial charge in [0.1, 0.15) is 11.5 Å². The fraction of sp³-hybridized carbons (Fsp3) is 0.435. The second-order valence-corrected chi connectivity index (χ2v) is 10.5. The van der Waals surface area contributed by atoms with E-state index in [1.807, 2.05) is 41.6 Å². The van der Waals surface area contributed by atoms with Crippen LogP contribution in [0.5, 0.6) is 5.75 Å². The fourth-order valence-electron chi connectivity index (χ4n) is 5.48. The lowest BCUT2D eigenvalue weighted by Crippen LogP contribution is -2.62. The number of carbonyl (C=O) groups is 3. The number of allylic oxidation sites excluding steroid dienone is 1. The van der Waals surface area contributed by atoms with Gasteiger partial charge in [0.15, 0.2) is 11.4 Å². The summed E-state index contributed by atoms with van der Waals surface area (Å²) in [7, 11) is 7.15. The first-order chi connectivity index (χ1) is 15.3. The van der Waals surface area contributed by atoms with Crippen LogP contribution >= 0.6 is 22.6 Å². The number of nitrogens with two attached hydrogens (primary N) is 1. The number of primary amides is 1. The standard InChI is InChI=1S/C23H26IN3O6/c1-26(2)14-8-13(24)18(28)17-10(14)5-9-6-12-15(27(3)4)7-11(22(25)32)20(30)23(12,33)21(31)16(9)19(17)29/h7-9,12,15,28,31,33H,5-6H2,1-4H3,(H2,25,32)/t9?,12?,15-,23-/m1/s1. The molecule has 1 amide bonds. The Kier molecular flexibility index (Phi) is 5.61. The van der Waals surface area contributed by atoms with E-state index in [0.717, 1.165) is 5.69 Å². The average molecular weight is 567 g/mol. The minimum absolute atomic E-state index is 0.0588. The van der Waals surface area contributed by atoms with Gasteiger partial charge in [-0.05, 0) is 67.1 Å². The van der Waals surface area contributed by atoms with E-state index in [-0.39, 0.29) is 23.3 Å². The molecule has 176 valence electrons. The zero-order chi connectivity index (χ0) is 24.6. The van der Waals surface area contributed by atoms with Gasteiger partial charge in [-0.2, -0.15) is 0 Å². The summed E-state index contributed by atoms with van der Waals surface area (Å²) in [5.41, 5.74) is 3.92. The van der Waals surface area contributed by atoms with Gasteiger partial charge in [0, 0.05) is 37.3 Å². The minimum Gasteiger partial charge on any atom is -0.508 e. The molecular formula is C23H26IN3O6. The van der Waals surface area contributed by atoms with Crippen LogP contribution in [0.15, 0.2) is 29.0 Å². The molecule has 0 saturated carbocycles. The van der Waals surface area contributed by atoms with Crippen molar-refractivity contribution in [3.05, 3.63) is 43.7 Å². The summed E-state index contributed by atoms with van der Waals surface area (Å²) in [6.45, 7) is 0. The number of fused-ring (bicyclic) bond motifs is 3. The SMILES string of the molecule is CN(C)c1cc(I)c(O)c2c1CC1CC3[C@H](N(C)C)C=C(C(N)=O)C(=O)[C@@]3(O)C(O)=C1C2=O. The topological polar surface area (TPSA) is 144 Å². The molecule has 0 spiro atoms. The molecule has 10 heteroatoms. The van der Waals surface area contributed by atoms with Crippen LogP contribution in [0.3, 0.4) is 0 Å². The number of Topliss-reactive ketones (excluding diaryl/α,β-unsaturated/α-hetero) is 2. The first kappa shape index (κ1) is 23.7. The zero-order valence-corrected chi connectivity index (χ0v) is 20.9. The van der Waals surface area contributed by atoms with Gasteiger partial charge in [0.25, 0.3) is 5.91 Å². The number of phenolic OH excluding ortho intramolecular Hbond substituents is 1. The Morgan fingerprint density at radius 3 is 2.39 bits per heavy atom. The smallest absolute Gasteiger partial charge is 0.252 e. The molecule has 0 heterocycles. The molecule has 3 aliphatic carbocycles. The molecule has 0 fully saturated rings. The van der Waals surface area contributed by atoms with Crippen LogP contribution < -0.4 is 10.6 Å². The van der Waals surface area contributed by atoms with Crippen LogP contribution in [0.4, 0.5) is 5.69 Å². The second-order valence-electron chi connectivity index (χ2n) is 9.30. The van der Waals surface area contributed by atoms with Crippen molar-refractivity contribution in [1.29, 1.82) is 0 Å². The first-order valence-corrected chi connectivity index (χ1v) is 11.5. The largest absolute Gasteiger partial charge is 0.508 e. The van der Waals surface area contributed by atoms with Crippen LogP contribution in [0.25, 0.3) is 0 Å². The monoisotopic (exact) mass is 567 g/mol. The van der Waals surface area contributed by atoms with Gasteiger partial charge in [0.05, 0.1) is 14.7 Å². The normalized spacial score (nSPS) is 28.8. The van der Waals surface area contributed by atoms with Crippen LogP contribution in [-0.2, 0) is 16.0 Å². The number of anilines is 1. The van der Waals surface area contributed by atoms with E-state index in [0.29, 0.717) is 15.6 Å². The maximum atomic E-state index is 13.6. The van der Waals surface area contributed by atoms with Crippen molar-refractivity contribution in [2.75, 3.05) is 33.1 Å². The number of aromatic hydroxyl groups is 1. The Bertz CT molecular complexity index is 1170. The van der Waals surface area contributed by atoms with Gasteiger partial charge in [-0.3, -0.25) is 14.4 Å². The lowest BCUT2D eigenvalue weighted by atomic mass is 9.59. The number of carbonyl (C=O) groups excluding carboxylic acids is 3. The number of aliphatic hydroxyl groups excluding tert-OH is 1. The molecule has 0 saturated heterocycles. The number of hydrogen-bond donors (Lipinski definition) is 4. The molecule has 0 aliphatic heterocycles. The Morgan fingerprint density at radius 2 is 1.85 bits per heavy atom. The summed E-state index contributed by atoms with van der Waals surface area (Å²) in [6, 6.07) is 1.22. The van der Waals surface area contributed by atoms with Gasteiger partial charge < -0.3 is 30.9 Å². The molecule has 5 N–H and O–H groups in total. The van der Waals surface area contributed by atoms with Gasteiger partial charge >= 0.3 is 0 Å². The summed E-state index contributed by atoms with van der Waals surface area (Å²) >= 11 is 1.93. The second kappa shape index (κ2) is 7.81. The Morgan fingerprint density at radius 1 is 1.21 bits per heavy atom. The van der Waals surface area contributed by atoms with E-state index >= 15 is 0 Å². The van der Waals surface area contributed by atoms with Crippen molar-refractivity contribution >= 4 is 45.8 Å². The fourth-order valence-corrected chi connectivity index (χ4v) is 6.04. The molecule has 2 unspecified atom stereocenters. The quantitative estimate of drug-likeness (QED) is 0.312. The van der Waals surface area contributed by atoms with Gasteiger partial charge in [-0.1, -0.05) is 6.08 Å². The molecule has 4 rings (SSSR count). The summed E-state index contributed by atoms with van der Waals surface area (Å²) in [5, 5.41) is 33.6. The lowest BCUT2D eigenvalue weighted by molar-refractivity contribution is -0.146. The molecule has 1 aromatic carbocycles. The number of aliphatic hydroxyl groups is 2. The third-order valence-corrected chi connectivity index (χ3v) is 7.87. The maximum Gasteiger partial charge on any atom is 0.252 e. The third-order valence-electron chi connectivity index (χ3n) is 7.04. The van der Waals surface area contributed by atoms with Crippen LogP contribution in [0, 0.1) is 15.4 Å². The van der Waals surface area contributed by atoms with E-state index in [1.54, 1.807) is 25.1 Å². The maximum absolute atomic E-state index is 13.6. The van der Waals surface area contributed by atoms with Gasteiger partial charge in [-0.25, -0.2) is 0 Å². The molecule has 33 heavy (non-hydrogen) atoms. The number of rotatable bonds is 3. The molecule has 0 bridgehead atoms. The molecule has 0 radical (unpaired) electrons. The zero-order valence-electron chi connectivity index (χ0n) is 18.7. The van der Waals surface area contributed by atoms with Crippen molar-refractivity contribution in [3.63, 3.8) is 0 Å². The van der Waals surface area contributed by atoms with E-state index < -0.39 is 52.3 Å². The Labute approximate surface area is 204 Å². The molecule has 3 aliphatic rings. The van der Waals surface area contributed by atoms with Crippen molar-refractivity contribution < 1.29 is 29.7 Å². The highest BCUT2D eigenvalue weighted by atomic mass is 127. The number of nitrogens with zero attached hydrogens (tertiary/aromatic N) is 2. The van der Waals surface area contributed by atoms with Crippen molar-refractivity contribution in [2.45, 2.75) is 24.5 Å². The minimum atomic E-state index is -2.46. The lowest BCUT2D eigenvalue weighted by Gasteiger charge is -2.49. The van der Waals surface area contributed by atoms with E-state index in [4.69, 9.17) is 5.73 Å². The summed E-state index contributed by atoms with van der Waals surface area (Å²) in [5.74, 6) is -4.89. The number of likely N-dealkylation sites (N-methyl/N-ethyl adjacent to an activating group) is 1. The highest BCUT2D eigenvalue weighted by Gasteiger charge is 2.61. The van der Waals surface area contributed by atoms with Crippen molar-refractivity contribution in [2.24, 2.45) is 17.6 Å². The number of hydrogen-bond acceptors (Lipinski definition) is 8.